The molecular weight excluding hydrogens is 274 g/mol. The van der Waals surface area contributed by atoms with Gasteiger partial charge in [0.25, 0.3) is 5.69 Å². The van der Waals surface area contributed by atoms with Crippen molar-refractivity contribution < 1.29 is 14.5 Å². The van der Waals surface area contributed by atoms with Crippen LogP contribution in [-0.2, 0) is 4.79 Å². The lowest BCUT2D eigenvalue weighted by Crippen LogP contribution is -2.50. The molecule has 0 heterocycles. The largest absolute Gasteiger partial charge is 0.492 e. The molecule has 8 heteroatoms. The molecule has 0 aliphatic rings. The Hall–Kier alpha value is -1.86. The number of non-ortho nitro benzene ring substituents is 1. The van der Waals surface area contributed by atoms with Crippen molar-refractivity contribution in [2.24, 2.45) is 11.5 Å². The Balaban J connectivity index is 2.70. The van der Waals surface area contributed by atoms with Crippen LogP contribution >= 0.6 is 11.6 Å². The molecule has 0 spiro atoms. The van der Waals surface area contributed by atoms with E-state index in [1.54, 1.807) is 0 Å². The van der Waals surface area contributed by atoms with Gasteiger partial charge in [-0.1, -0.05) is 11.6 Å². The number of ether oxygens (including phenoxy) is 1. The highest BCUT2D eigenvalue weighted by Crippen LogP contribution is 2.29. The number of halogens is 1. The van der Waals surface area contributed by atoms with Crippen molar-refractivity contribution in [1.82, 2.24) is 0 Å². The van der Waals surface area contributed by atoms with E-state index in [4.69, 9.17) is 27.8 Å². The smallest absolute Gasteiger partial charge is 0.273 e. The van der Waals surface area contributed by atoms with E-state index in [-0.39, 0.29) is 29.5 Å². The SMILES string of the molecule is CC(N)(CCOc1cc([N+](=O)[O-])ccc1Cl)C(N)=O. The van der Waals surface area contributed by atoms with Gasteiger partial charge in [0, 0.05) is 12.5 Å². The van der Waals surface area contributed by atoms with Crippen LogP contribution in [0.25, 0.3) is 0 Å². The van der Waals surface area contributed by atoms with Gasteiger partial charge < -0.3 is 16.2 Å². The average Bonchev–Trinajstić information content (AvgIpc) is 2.30. The fourth-order valence-corrected chi connectivity index (χ4v) is 1.38. The Morgan fingerprint density at radius 2 is 2.21 bits per heavy atom. The fourth-order valence-electron chi connectivity index (χ4n) is 1.21. The van der Waals surface area contributed by atoms with Crippen LogP contribution in [0.15, 0.2) is 18.2 Å². The molecule has 19 heavy (non-hydrogen) atoms. The summed E-state index contributed by atoms with van der Waals surface area (Å²) >= 11 is 5.84. The van der Waals surface area contributed by atoms with Crippen LogP contribution in [-0.4, -0.2) is 23.0 Å². The molecule has 0 aromatic heterocycles. The highest BCUT2D eigenvalue weighted by molar-refractivity contribution is 6.32. The molecule has 1 unspecified atom stereocenters. The van der Waals surface area contributed by atoms with Crippen molar-refractivity contribution in [2.45, 2.75) is 18.9 Å². The standard InChI is InChI=1S/C11H14ClN3O4/c1-11(14,10(13)16)4-5-19-9-6-7(15(17)18)2-3-8(9)12/h2-3,6H,4-5,14H2,1H3,(H2,13,16). The van der Waals surface area contributed by atoms with E-state index < -0.39 is 16.4 Å². The van der Waals surface area contributed by atoms with Crippen LogP contribution in [0.4, 0.5) is 5.69 Å². The van der Waals surface area contributed by atoms with Gasteiger partial charge in [-0.3, -0.25) is 14.9 Å². The Kier molecular flexibility index (Phi) is 4.68. The Bertz CT molecular complexity index is 505. The third-order valence-electron chi connectivity index (χ3n) is 2.57. The summed E-state index contributed by atoms with van der Waals surface area (Å²) < 4.78 is 5.29. The van der Waals surface area contributed by atoms with Gasteiger partial charge in [0.15, 0.2) is 0 Å². The quantitative estimate of drug-likeness (QED) is 0.602. The number of nitrogens with two attached hydrogens (primary N) is 2. The monoisotopic (exact) mass is 287 g/mol. The summed E-state index contributed by atoms with van der Waals surface area (Å²) in [6.07, 6.45) is 0.168. The number of primary amides is 1. The molecule has 0 bridgehead atoms. The number of nitro groups is 1. The summed E-state index contributed by atoms with van der Waals surface area (Å²) in [5.41, 5.74) is 9.42. The zero-order chi connectivity index (χ0) is 14.6. The molecule has 0 aliphatic heterocycles. The number of hydrogen-bond acceptors (Lipinski definition) is 5. The van der Waals surface area contributed by atoms with E-state index in [0.717, 1.165) is 0 Å². The van der Waals surface area contributed by atoms with E-state index in [1.165, 1.54) is 25.1 Å². The van der Waals surface area contributed by atoms with Gasteiger partial charge in [-0.2, -0.15) is 0 Å². The Labute approximate surface area is 114 Å². The molecule has 0 radical (unpaired) electrons. The minimum absolute atomic E-state index is 0.0663. The second kappa shape index (κ2) is 5.85. The number of carbonyl (C=O) groups excluding carboxylic acids is 1. The first kappa shape index (κ1) is 15.2. The molecule has 4 N–H and O–H groups in total. The second-order valence-electron chi connectivity index (χ2n) is 4.25. The van der Waals surface area contributed by atoms with Crippen molar-refractivity contribution in [3.8, 4) is 5.75 Å². The van der Waals surface area contributed by atoms with E-state index in [0.29, 0.717) is 0 Å². The molecule has 0 saturated heterocycles. The van der Waals surface area contributed by atoms with Crippen LogP contribution in [0, 0.1) is 10.1 Å². The minimum atomic E-state index is -1.20. The molecule has 0 saturated carbocycles. The van der Waals surface area contributed by atoms with Crippen LogP contribution in [0.3, 0.4) is 0 Å². The van der Waals surface area contributed by atoms with E-state index in [2.05, 4.69) is 0 Å². The molecule has 1 amide bonds. The van der Waals surface area contributed by atoms with Gasteiger partial charge in [-0.25, -0.2) is 0 Å². The zero-order valence-electron chi connectivity index (χ0n) is 10.3. The molecule has 1 rings (SSSR count). The highest BCUT2D eigenvalue weighted by atomic mass is 35.5. The third kappa shape index (κ3) is 4.08. The molecule has 1 atom stereocenters. The van der Waals surface area contributed by atoms with Crippen molar-refractivity contribution in [2.75, 3.05) is 6.61 Å². The maximum Gasteiger partial charge on any atom is 0.273 e. The third-order valence-corrected chi connectivity index (χ3v) is 2.88. The van der Waals surface area contributed by atoms with Crippen LogP contribution in [0.1, 0.15) is 13.3 Å². The molecule has 1 aromatic carbocycles. The first-order valence-electron chi connectivity index (χ1n) is 5.39. The van der Waals surface area contributed by atoms with E-state index in [9.17, 15) is 14.9 Å². The molecule has 104 valence electrons. The number of benzene rings is 1. The number of nitrogens with zero attached hydrogens (tertiary/aromatic N) is 1. The lowest BCUT2D eigenvalue weighted by molar-refractivity contribution is -0.384. The van der Waals surface area contributed by atoms with Crippen LogP contribution < -0.4 is 16.2 Å². The lowest BCUT2D eigenvalue weighted by atomic mass is 9.99. The van der Waals surface area contributed by atoms with E-state index in [1.807, 2.05) is 0 Å². The van der Waals surface area contributed by atoms with E-state index >= 15 is 0 Å². The number of carbonyl (C=O) groups is 1. The number of hydrogen-bond donors (Lipinski definition) is 2. The summed E-state index contributed by atoms with van der Waals surface area (Å²) in [7, 11) is 0. The van der Waals surface area contributed by atoms with Gasteiger partial charge in [-0.15, -0.1) is 0 Å². The topological polar surface area (TPSA) is 121 Å². The highest BCUT2D eigenvalue weighted by Gasteiger charge is 2.25. The summed E-state index contributed by atoms with van der Waals surface area (Å²) in [6.45, 7) is 1.55. The summed E-state index contributed by atoms with van der Waals surface area (Å²) in [6, 6.07) is 3.84. The maximum atomic E-state index is 11.0. The first-order valence-corrected chi connectivity index (χ1v) is 5.77. The normalized spacial score (nSPS) is 13.6. The lowest BCUT2D eigenvalue weighted by Gasteiger charge is -2.20. The molecular formula is C11H14ClN3O4. The Morgan fingerprint density at radius 1 is 1.58 bits per heavy atom. The fraction of sp³-hybridized carbons (Fsp3) is 0.364. The molecule has 0 aliphatic carbocycles. The van der Waals surface area contributed by atoms with Crippen molar-refractivity contribution in [1.29, 1.82) is 0 Å². The van der Waals surface area contributed by atoms with Gasteiger partial charge in [0.05, 0.1) is 28.2 Å². The molecule has 7 nitrogen and oxygen atoms in total. The van der Waals surface area contributed by atoms with Gasteiger partial charge in [-0.05, 0) is 13.0 Å². The van der Waals surface area contributed by atoms with Crippen LogP contribution in [0.2, 0.25) is 5.02 Å². The number of nitro benzene ring substituents is 1. The molecule has 1 aromatic rings. The van der Waals surface area contributed by atoms with Crippen molar-refractivity contribution in [3.63, 3.8) is 0 Å². The van der Waals surface area contributed by atoms with Crippen molar-refractivity contribution in [3.05, 3.63) is 33.3 Å². The van der Waals surface area contributed by atoms with Crippen LogP contribution in [0.5, 0.6) is 5.75 Å². The first-order chi connectivity index (χ1) is 8.74. The molecule has 0 fully saturated rings. The van der Waals surface area contributed by atoms with Gasteiger partial charge in [0.1, 0.15) is 5.75 Å². The predicted octanol–water partition coefficient (Wildman–Crippen LogP) is 1.22. The van der Waals surface area contributed by atoms with Gasteiger partial charge in [0.2, 0.25) is 5.91 Å². The minimum Gasteiger partial charge on any atom is -0.492 e. The maximum absolute atomic E-state index is 11.0. The summed E-state index contributed by atoms with van der Waals surface area (Å²) in [4.78, 5) is 21.1. The zero-order valence-corrected chi connectivity index (χ0v) is 11.0. The summed E-state index contributed by atoms with van der Waals surface area (Å²) in [5.74, 6) is -0.489. The average molecular weight is 288 g/mol. The number of amides is 1. The predicted molar refractivity (Wildman–Crippen MR) is 70.0 cm³/mol. The van der Waals surface area contributed by atoms with Crippen molar-refractivity contribution >= 4 is 23.2 Å². The second-order valence-corrected chi connectivity index (χ2v) is 4.66. The van der Waals surface area contributed by atoms with Gasteiger partial charge >= 0.3 is 0 Å². The number of rotatable bonds is 6. The Morgan fingerprint density at radius 3 is 2.74 bits per heavy atom. The summed E-state index contributed by atoms with van der Waals surface area (Å²) in [5, 5.41) is 10.9.